The molecule has 1 rings (SSSR count). The predicted octanol–water partition coefficient (Wildman–Crippen LogP) is 2.52. The Morgan fingerprint density at radius 1 is 1.50 bits per heavy atom. The van der Waals surface area contributed by atoms with Crippen LogP contribution in [0.15, 0.2) is 6.20 Å². The Morgan fingerprint density at radius 3 is 2.50 bits per heavy atom. The fourth-order valence-corrected chi connectivity index (χ4v) is 0.903. The zero-order valence-corrected chi connectivity index (χ0v) is 6.32. The number of aromatic nitrogens is 1. The van der Waals surface area contributed by atoms with Crippen LogP contribution in [0.5, 0.6) is 5.75 Å². The number of halogens is 4. The number of nitrogens with zero attached hydrogens (tertiary/aromatic N) is 1. The van der Waals surface area contributed by atoms with Crippen molar-refractivity contribution < 1.29 is 18.3 Å². The van der Waals surface area contributed by atoms with Gasteiger partial charge in [-0.05, 0) is 0 Å². The van der Waals surface area contributed by atoms with E-state index in [-0.39, 0.29) is 0 Å². The fraction of sp³-hybridized carbons (Fsp3) is 0.167. The molecule has 0 saturated carbocycles. The van der Waals surface area contributed by atoms with Gasteiger partial charge in [-0.15, -0.1) is 0 Å². The Bertz CT molecular complexity index is 305. The van der Waals surface area contributed by atoms with E-state index in [4.69, 9.17) is 16.7 Å². The van der Waals surface area contributed by atoms with Crippen LogP contribution >= 0.6 is 11.6 Å². The molecule has 1 aromatic heterocycles. The third kappa shape index (κ3) is 1.45. The summed E-state index contributed by atoms with van der Waals surface area (Å²) in [5, 5.41) is 7.95. The van der Waals surface area contributed by atoms with Crippen LogP contribution in [0.2, 0.25) is 5.02 Å². The van der Waals surface area contributed by atoms with Gasteiger partial charge in [0.15, 0.2) is 0 Å². The quantitative estimate of drug-likeness (QED) is 0.702. The minimum atomic E-state index is -3.02. The third-order valence-corrected chi connectivity index (χ3v) is 1.57. The van der Waals surface area contributed by atoms with Gasteiger partial charge in [-0.25, -0.2) is 13.8 Å². The van der Waals surface area contributed by atoms with Gasteiger partial charge in [-0.2, -0.15) is 4.39 Å². The van der Waals surface area contributed by atoms with Crippen molar-refractivity contribution in [2.75, 3.05) is 0 Å². The zero-order valence-electron chi connectivity index (χ0n) is 5.56. The second-order valence-corrected chi connectivity index (χ2v) is 2.34. The van der Waals surface area contributed by atoms with Crippen molar-refractivity contribution in [3.8, 4) is 5.75 Å². The van der Waals surface area contributed by atoms with Gasteiger partial charge in [0.2, 0.25) is 5.95 Å². The molecule has 0 fully saturated rings. The number of hydrogen-bond acceptors (Lipinski definition) is 2. The maximum absolute atomic E-state index is 12.4. The number of rotatable bonds is 1. The Morgan fingerprint density at radius 2 is 2.08 bits per heavy atom. The normalized spacial score (nSPS) is 10.8. The van der Waals surface area contributed by atoms with Crippen molar-refractivity contribution in [2.24, 2.45) is 0 Å². The standard InChI is InChI=1S/C6H3ClF3NO/c7-4-3(5(8)9)2(12)1-11-6(4)10/h1,5,12H. The lowest BCUT2D eigenvalue weighted by atomic mass is 10.2. The first kappa shape index (κ1) is 9.12. The summed E-state index contributed by atoms with van der Waals surface area (Å²) in [6.07, 6.45) is -2.43. The summed E-state index contributed by atoms with van der Waals surface area (Å²) in [6.45, 7) is 0. The van der Waals surface area contributed by atoms with Crippen molar-refractivity contribution in [1.29, 1.82) is 0 Å². The smallest absolute Gasteiger partial charge is 0.269 e. The topological polar surface area (TPSA) is 33.1 Å². The predicted molar refractivity (Wildman–Crippen MR) is 35.8 cm³/mol. The van der Waals surface area contributed by atoms with Crippen molar-refractivity contribution in [1.82, 2.24) is 4.98 Å². The van der Waals surface area contributed by atoms with Crippen molar-refractivity contribution in [2.45, 2.75) is 6.43 Å². The molecule has 0 aliphatic rings. The summed E-state index contributed by atoms with van der Waals surface area (Å²) in [5.41, 5.74) is -0.927. The van der Waals surface area contributed by atoms with E-state index in [0.717, 1.165) is 0 Å². The van der Waals surface area contributed by atoms with Gasteiger partial charge in [0.05, 0.1) is 11.8 Å². The SMILES string of the molecule is Oc1cnc(F)c(Cl)c1C(F)F. The van der Waals surface area contributed by atoms with Crippen molar-refractivity contribution >= 4 is 11.6 Å². The van der Waals surface area contributed by atoms with Crippen molar-refractivity contribution in [3.05, 3.63) is 22.7 Å². The summed E-state index contributed by atoms with van der Waals surface area (Å²) >= 11 is 5.12. The molecule has 0 atom stereocenters. The van der Waals surface area contributed by atoms with E-state index in [9.17, 15) is 13.2 Å². The van der Waals surface area contributed by atoms with Crippen molar-refractivity contribution in [3.63, 3.8) is 0 Å². The van der Waals surface area contributed by atoms with Gasteiger partial charge < -0.3 is 5.11 Å². The second-order valence-electron chi connectivity index (χ2n) is 1.96. The highest BCUT2D eigenvalue weighted by atomic mass is 35.5. The van der Waals surface area contributed by atoms with E-state index in [1.54, 1.807) is 0 Å². The molecule has 1 aromatic rings. The Kier molecular flexibility index (Phi) is 2.42. The summed E-state index contributed by atoms with van der Waals surface area (Å²) in [7, 11) is 0. The molecule has 0 aliphatic heterocycles. The van der Waals surface area contributed by atoms with Crippen LogP contribution in [-0.2, 0) is 0 Å². The van der Waals surface area contributed by atoms with Gasteiger partial charge in [-0.1, -0.05) is 11.6 Å². The lowest BCUT2D eigenvalue weighted by Gasteiger charge is -2.04. The largest absolute Gasteiger partial charge is 0.506 e. The zero-order chi connectivity index (χ0) is 9.30. The van der Waals surface area contributed by atoms with Gasteiger partial charge in [0.25, 0.3) is 6.43 Å². The maximum Gasteiger partial charge on any atom is 0.269 e. The summed E-state index contributed by atoms with van der Waals surface area (Å²) < 4.78 is 36.5. The van der Waals surface area contributed by atoms with Crippen LogP contribution in [0.3, 0.4) is 0 Å². The molecule has 0 bridgehead atoms. The molecule has 0 radical (unpaired) electrons. The fourth-order valence-electron chi connectivity index (χ4n) is 0.675. The lowest BCUT2D eigenvalue weighted by molar-refractivity contribution is 0.147. The molecule has 66 valence electrons. The van der Waals surface area contributed by atoms with Crippen LogP contribution in [0.4, 0.5) is 13.2 Å². The van der Waals surface area contributed by atoms with Gasteiger partial charge in [-0.3, -0.25) is 0 Å². The molecule has 1 heterocycles. The molecule has 0 unspecified atom stereocenters. The second kappa shape index (κ2) is 3.18. The van der Waals surface area contributed by atoms with Crippen LogP contribution in [0, 0.1) is 5.95 Å². The average Bonchev–Trinajstić information content (AvgIpc) is 1.97. The highest BCUT2D eigenvalue weighted by Crippen LogP contribution is 2.34. The Labute approximate surface area is 70.6 Å². The molecular weight excluding hydrogens is 195 g/mol. The number of pyridine rings is 1. The highest BCUT2D eigenvalue weighted by Gasteiger charge is 2.20. The first-order valence-corrected chi connectivity index (χ1v) is 3.23. The molecule has 0 aromatic carbocycles. The molecule has 0 amide bonds. The van der Waals surface area contributed by atoms with E-state index >= 15 is 0 Å². The number of alkyl halides is 2. The van der Waals surface area contributed by atoms with E-state index in [1.165, 1.54) is 0 Å². The molecule has 12 heavy (non-hydrogen) atoms. The lowest BCUT2D eigenvalue weighted by Crippen LogP contribution is -1.93. The van der Waals surface area contributed by atoms with E-state index in [1.807, 2.05) is 0 Å². The minimum absolute atomic E-state index is 0.586. The van der Waals surface area contributed by atoms with E-state index in [0.29, 0.717) is 6.20 Å². The van der Waals surface area contributed by atoms with Crippen LogP contribution in [-0.4, -0.2) is 10.1 Å². The van der Waals surface area contributed by atoms with Gasteiger partial charge in [0.1, 0.15) is 10.8 Å². The van der Waals surface area contributed by atoms with Crippen LogP contribution in [0.25, 0.3) is 0 Å². The van der Waals surface area contributed by atoms with Crippen LogP contribution < -0.4 is 0 Å². The van der Waals surface area contributed by atoms with E-state index < -0.39 is 28.7 Å². The molecule has 0 saturated heterocycles. The summed E-state index contributed by atoms with van der Waals surface area (Å²) in [4.78, 5) is 2.94. The van der Waals surface area contributed by atoms with Gasteiger partial charge in [0, 0.05) is 0 Å². The summed E-state index contributed by atoms with van der Waals surface area (Å²) in [6, 6.07) is 0. The Hall–Kier alpha value is -0.970. The Balaban J connectivity index is 3.33. The molecule has 0 spiro atoms. The maximum atomic E-state index is 12.4. The minimum Gasteiger partial charge on any atom is -0.506 e. The molecule has 1 N–H and O–H groups in total. The molecular formula is C6H3ClF3NO. The average molecular weight is 198 g/mol. The summed E-state index contributed by atoms with van der Waals surface area (Å²) in [5.74, 6) is -2.03. The molecule has 0 aliphatic carbocycles. The van der Waals surface area contributed by atoms with E-state index in [2.05, 4.69) is 4.98 Å². The monoisotopic (exact) mass is 197 g/mol. The first-order valence-electron chi connectivity index (χ1n) is 2.85. The highest BCUT2D eigenvalue weighted by molar-refractivity contribution is 6.31. The molecule has 6 heteroatoms. The third-order valence-electron chi connectivity index (χ3n) is 1.21. The van der Waals surface area contributed by atoms with Gasteiger partial charge >= 0.3 is 0 Å². The first-order chi connectivity index (χ1) is 5.54. The van der Waals surface area contributed by atoms with Crippen LogP contribution in [0.1, 0.15) is 12.0 Å². The number of hydrogen-bond donors (Lipinski definition) is 1. The molecule has 2 nitrogen and oxygen atoms in total. The number of aromatic hydroxyl groups is 1.